The van der Waals surface area contributed by atoms with E-state index < -0.39 is 0 Å². The van der Waals surface area contributed by atoms with Crippen LogP contribution in [0.5, 0.6) is 0 Å². The molecule has 9 nitrogen and oxygen atoms in total. The topological polar surface area (TPSA) is 95.7 Å². The smallest absolute Gasteiger partial charge is 0.247 e. The van der Waals surface area contributed by atoms with Crippen molar-refractivity contribution >= 4 is 11.7 Å². The maximum atomic E-state index is 12.4. The Morgan fingerprint density at radius 1 is 1.11 bits per heavy atom. The van der Waals surface area contributed by atoms with Crippen LogP contribution in [0.3, 0.4) is 0 Å². The fourth-order valence-corrected chi connectivity index (χ4v) is 2.78. The van der Waals surface area contributed by atoms with Crippen molar-refractivity contribution < 1.29 is 9.21 Å². The molecule has 0 aliphatic rings. The Morgan fingerprint density at radius 2 is 1.93 bits per heavy atom. The van der Waals surface area contributed by atoms with Gasteiger partial charge in [-0.3, -0.25) is 14.2 Å². The molecule has 0 aromatic carbocycles. The highest BCUT2D eigenvalue weighted by atomic mass is 16.3. The molecule has 138 valence electrons. The summed E-state index contributed by atoms with van der Waals surface area (Å²) in [6.07, 6.45) is 8.83. The number of anilines is 1. The van der Waals surface area contributed by atoms with Gasteiger partial charge in [0.15, 0.2) is 0 Å². The summed E-state index contributed by atoms with van der Waals surface area (Å²) in [7, 11) is 1.86. The number of rotatable bonds is 6. The number of carbonyl (C=O) groups excluding carboxylic acids is 1. The molecule has 0 aliphatic heterocycles. The Kier molecular flexibility index (Phi) is 4.33. The predicted molar refractivity (Wildman–Crippen MR) is 97.8 cm³/mol. The second-order valence-electron chi connectivity index (χ2n) is 6.26. The Morgan fingerprint density at radius 3 is 2.67 bits per heavy atom. The lowest BCUT2D eigenvalue weighted by Gasteiger charge is -2.08. The van der Waals surface area contributed by atoms with E-state index in [0.717, 1.165) is 22.6 Å². The SMILES string of the molecule is Cc1ccc(Cn2nccc2NC(=O)Cn2cc(-c3cnn(C)c3)cn2)o1. The van der Waals surface area contributed by atoms with Gasteiger partial charge in [0.2, 0.25) is 5.91 Å². The summed E-state index contributed by atoms with van der Waals surface area (Å²) in [6, 6.07) is 5.54. The van der Waals surface area contributed by atoms with Crippen LogP contribution in [0, 0.1) is 6.92 Å². The molecule has 0 saturated heterocycles. The van der Waals surface area contributed by atoms with E-state index in [4.69, 9.17) is 4.42 Å². The fraction of sp³-hybridized carbons (Fsp3) is 0.222. The van der Waals surface area contributed by atoms with Crippen LogP contribution in [0.25, 0.3) is 11.1 Å². The van der Waals surface area contributed by atoms with Crippen molar-refractivity contribution in [2.45, 2.75) is 20.0 Å². The van der Waals surface area contributed by atoms with Crippen LogP contribution in [0.1, 0.15) is 11.5 Å². The average Bonchev–Trinajstić information content (AvgIpc) is 3.39. The van der Waals surface area contributed by atoms with Crippen LogP contribution in [0.2, 0.25) is 0 Å². The molecule has 4 aromatic heterocycles. The van der Waals surface area contributed by atoms with Crippen molar-refractivity contribution in [3.05, 3.63) is 60.7 Å². The monoisotopic (exact) mass is 365 g/mol. The molecule has 0 bridgehead atoms. The minimum atomic E-state index is -0.187. The van der Waals surface area contributed by atoms with Crippen LogP contribution in [-0.4, -0.2) is 35.2 Å². The molecule has 9 heteroatoms. The lowest BCUT2D eigenvalue weighted by molar-refractivity contribution is -0.116. The highest BCUT2D eigenvalue weighted by Crippen LogP contribution is 2.17. The lowest BCUT2D eigenvalue weighted by atomic mass is 10.2. The molecule has 0 radical (unpaired) electrons. The van der Waals surface area contributed by atoms with Gasteiger partial charge >= 0.3 is 0 Å². The molecular weight excluding hydrogens is 346 g/mol. The summed E-state index contributed by atoms with van der Waals surface area (Å²) in [5.74, 6) is 2.03. The maximum Gasteiger partial charge on any atom is 0.247 e. The van der Waals surface area contributed by atoms with Crippen LogP contribution >= 0.6 is 0 Å². The second-order valence-corrected chi connectivity index (χ2v) is 6.26. The van der Waals surface area contributed by atoms with Crippen LogP contribution in [-0.2, 0) is 24.9 Å². The van der Waals surface area contributed by atoms with E-state index in [2.05, 4.69) is 20.6 Å². The van der Waals surface area contributed by atoms with Crippen molar-refractivity contribution in [3.63, 3.8) is 0 Å². The Labute approximate surface area is 155 Å². The number of nitrogens with one attached hydrogen (secondary N) is 1. The molecule has 27 heavy (non-hydrogen) atoms. The van der Waals surface area contributed by atoms with Gasteiger partial charge in [-0.25, -0.2) is 4.68 Å². The van der Waals surface area contributed by atoms with Gasteiger partial charge in [0.25, 0.3) is 0 Å². The first-order chi connectivity index (χ1) is 13.1. The first kappa shape index (κ1) is 16.8. The molecular formula is C18H19N7O2. The molecule has 1 N–H and O–H groups in total. The number of aromatic nitrogens is 6. The van der Waals surface area contributed by atoms with Crippen molar-refractivity contribution in [2.24, 2.45) is 7.05 Å². The van der Waals surface area contributed by atoms with Crippen LogP contribution < -0.4 is 5.32 Å². The van der Waals surface area contributed by atoms with E-state index in [1.165, 1.54) is 0 Å². The summed E-state index contributed by atoms with van der Waals surface area (Å²) in [6.45, 7) is 2.44. The van der Waals surface area contributed by atoms with Gasteiger partial charge in [-0.15, -0.1) is 0 Å². The third kappa shape index (κ3) is 3.81. The highest BCUT2D eigenvalue weighted by molar-refractivity contribution is 5.89. The molecule has 0 unspecified atom stereocenters. The number of amides is 1. The van der Waals surface area contributed by atoms with E-state index in [-0.39, 0.29) is 12.5 Å². The third-order valence-corrected chi connectivity index (χ3v) is 4.06. The van der Waals surface area contributed by atoms with E-state index in [0.29, 0.717) is 12.4 Å². The standard InChI is InChI=1S/C18H19N7O2/c1-13-3-4-16(27-13)11-25-17(5-6-19-25)22-18(26)12-24-10-15(8-21-24)14-7-20-23(2)9-14/h3-10H,11-12H2,1-2H3,(H,22,26). The number of nitrogens with zero attached hydrogens (tertiary/aromatic N) is 6. The minimum Gasteiger partial charge on any atom is -0.464 e. The first-order valence-electron chi connectivity index (χ1n) is 8.45. The van der Waals surface area contributed by atoms with Gasteiger partial charge in [-0.05, 0) is 19.1 Å². The minimum absolute atomic E-state index is 0.102. The van der Waals surface area contributed by atoms with Gasteiger partial charge in [-0.1, -0.05) is 0 Å². The Bertz CT molecular complexity index is 1070. The van der Waals surface area contributed by atoms with E-state index in [1.54, 1.807) is 38.7 Å². The summed E-state index contributed by atoms with van der Waals surface area (Å²) >= 11 is 0. The summed E-state index contributed by atoms with van der Waals surface area (Å²) in [5.41, 5.74) is 1.87. The molecule has 0 aliphatic carbocycles. The molecule has 0 spiro atoms. The quantitative estimate of drug-likeness (QED) is 0.564. The van der Waals surface area contributed by atoms with Gasteiger partial charge in [-0.2, -0.15) is 15.3 Å². The van der Waals surface area contributed by atoms with Crippen molar-refractivity contribution in [2.75, 3.05) is 5.32 Å². The van der Waals surface area contributed by atoms with E-state index >= 15 is 0 Å². The zero-order valence-electron chi connectivity index (χ0n) is 15.0. The van der Waals surface area contributed by atoms with Crippen molar-refractivity contribution in [1.29, 1.82) is 0 Å². The lowest BCUT2D eigenvalue weighted by Crippen LogP contribution is -2.21. The fourth-order valence-electron chi connectivity index (χ4n) is 2.78. The van der Waals surface area contributed by atoms with Crippen molar-refractivity contribution in [1.82, 2.24) is 29.3 Å². The second kappa shape index (κ2) is 6.94. The van der Waals surface area contributed by atoms with Gasteiger partial charge in [0, 0.05) is 36.6 Å². The van der Waals surface area contributed by atoms with E-state index in [1.807, 2.05) is 38.5 Å². The highest BCUT2D eigenvalue weighted by Gasteiger charge is 2.11. The zero-order chi connectivity index (χ0) is 18.8. The summed E-state index contributed by atoms with van der Waals surface area (Å²) in [4.78, 5) is 12.4. The average molecular weight is 365 g/mol. The van der Waals surface area contributed by atoms with Crippen molar-refractivity contribution in [3.8, 4) is 11.1 Å². The largest absolute Gasteiger partial charge is 0.464 e. The van der Waals surface area contributed by atoms with Crippen LogP contribution in [0.15, 0.2) is 53.6 Å². The Hall–Kier alpha value is -3.62. The first-order valence-corrected chi connectivity index (χ1v) is 8.45. The van der Waals surface area contributed by atoms with Crippen LogP contribution in [0.4, 0.5) is 5.82 Å². The molecule has 4 aromatic rings. The molecule has 1 amide bonds. The third-order valence-electron chi connectivity index (χ3n) is 4.06. The summed E-state index contributed by atoms with van der Waals surface area (Å²) < 4.78 is 10.6. The number of hydrogen-bond donors (Lipinski definition) is 1. The molecule has 4 heterocycles. The molecule has 4 rings (SSSR count). The number of aryl methyl sites for hydroxylation is 2. The predicted octanol–water partition coefficient (Wildman–Crippen LogP) is 2.07. The molecule has 0 atom stereocenters. The molecule has 0 saturated carbocycles. The zero-order valence-corrected chi connectivity index (χ0v) is 15.0. The van der Waals surface area contributed by atoms with Gasteiger partial charge in [0.1, 0.15) is 30.4 Å². The Balaban J connectivity index is 1.40. The number of hydrogen-bond acceptors (Lipinski definition) is 5. The normalized spacial score (nSPS) is 11.0. The van der Waals surface area contributed by atoms with Gasteiger partial charge in [0.05, 0.1) is 18.6 Å². The summed E-state index contributed by atoms with van der Waals surface area (Å²) in [5, 5.41) is 15.5. The maximum absolute atomic E-state index is 12.4. The number of carbonyl (C=O) groups is 1. The van der Waals surface area contributed by atoms with Gasteiger partial charge < -0.3 is 9.73 Å². The number of furan rings is 1. The molecule has 0 fully saturated rings. The van der Waals surface area contributed by atoms with E-state index in [9.17, 15) is 4.79 Å².